The number of para-hydroxylation sites is 1. The van der Waals surface area contributed by atoms with E-state index in [9.17, 15) is 4.79 Å². The lowest BCUT2D eigenvalue weighted by molar-refractivity contribution is 0.260. The molecule has 2 aromatic heterocycles. The SMILES string of the molecule is CCN1CCC[C@@H]1CNCc1cc2c(C(C)(C)C)nn(-c3ccccc3)c2[nH]c1=O. The van der Waals surface area contributed by atoms with E-state index in [4.69, 9.17) is 5.10 Å². The number of aromatic nitrogens is 3. The van der Waals surface area contributed by atoms with Gasteiger partial charge in [-0.1, -0.05) is 45.9 Å². The zero-order valence-corrected chi connectivity index (χ0v) is 18.5. The molecule has 0 bridgehead atoms. The second kappa shape index (κ2) is 8.36. The van der Waals surface area contributed by atoms with Crippen molar-refractivity contribution in [2.45, 2.75) is 58.5 Å². The first-order valence-electron chi connectivity index (χ1n) is 11.0. The Hall–Kier alpha value is -2.44. The topological polar surface area (TPSA) is 66.0 Å². The summed E-state index contributed by atoms with van der Waals surface area (Å²) in [6, 6.07) is 12.6. The molecule has 160 valence electrons. The maximum absolute atomic E-state index is 12.9. The molecule has 4 rings (SSSR count). The van der Waals surface area contributed by atoms with Crippen LogP contribution in [0.25, 0.3) is 16.7 Å². The van der Waals surface area contributed by atoms with Crippen molar-refractivity contribution in [2.24, 2.45) is 0 Å². The number of likely N-dealkylation sites (tertiary alicyclic amines) is 1. The van der Waals surface area contributed by atoms with Crippen LogP contribution in [0.5, 0.6) is 0 Å². The Labute approximate surface area is 178 Å². The lowest BCUT2D eigenvalue weighted by atomic mass is 9.90. The number of aromatic amines is 1. The van der Waals surface area contributed by atoms with E-state index < -0.39 is 0 Å². The van der Waals surface area contributed by atoms with Crippen molar-refractivity contribution in [2.75, 3.05) is 19.6 Å². The molecule has 1 fully saturated rings. The van der Waals surface area contributed by atoms with Crippen molar-refractivity contribution in [1.29, 1.82) is 0 Å². The Morgan fingerprint density at radius 2 is 2.00 bits per heavy atom. The Balaban J connectivity index is 1.66. The summed E-state index contributed by atoms with van der Waals surface area (Å²) >= 11 is 0. The van der Waals surface area contributed by atoms with Crippen molar-refractivity contribution in [1.82, 2.24) is 25.0 Å². The Morgan fingerprint density at radius 1 is 1.23 bits per heavy atom. The van der Waals surface area contributed by atoms with Crippen molar-refractivity contribution < 1.29 is 0 Å². The van der Waals surface area contributed by atoms with Crippen LogP contribution in [0.1, 0.15) is 51.8 Å². The molecule has 6 heteroatoms. The monoisotopic (exact) mass is 407 g/mol. The molecule has 6 nitrogen and oxygen atoms in total. The molecule has 0 saturated carbocycles. The maximum Gasteiger partial charge on any atom is 0.254 e. The van der Waals surface area contributed by atoms with Crippen molar-refractivity contribution in [3.63, 3.8) is 0 Å². The zero-order chi connectivity index (χ0) is 21.3. The summed E-state index contributed by atoms with van der Waals surface area (Å²) < 4.78 is 1.85. The Kier molecular flexibility index (Phi) is 5.80. The van der Waals surface area contributed by atoms with Gasteiger partial charge in [0, 0.05) is 35.5 Å². The zero-order valence-electron chi connectivity index (χ0n) is 18.5. The van der Waals surface area contributed by atoms with Gasteiger partial charge in [0.2, 0.25) is 0 Å². The number of H-pyrrole nitrogens is 1. The fourth-order valence-corrected chi connectivity index (χ4v) is 4.47. The molecule has 0 unspecified atom stereocenters. The second-order valence-electron chi connectivity index (χ2n) is 9.29. The van der Waals surface area contributed by atoms with Gasteiger partial charge in [0.05, 0.1) is 11.4 Å². The molecular formula is C24H33N5O. The van der Waals surface area contributed by atoms with Crippen LogP contribution in [0.2, 0.25) is 0 Å². The van der Waals surface area contributed by atoms with Gasteiger partial charge in [-0.25, -0.2) is 4.68 Å². The molecule has 2 N–H and O–H groups in total. The van der Waals surface area contributed by atoms with E-state index in [0.29, 0.717) is 12.6 Å². The molecule has 1 aliphatic rings. The highest BCUT2D eigenvalue weighted by molar-refractivity contribution is 5.81. The number of nitrogens with zero attached hydrogens (tertiary/aromatic N) is 3. The number of rotatable bonds is 6. The minimum absolute atomic E-state index is 0.0497. The lowest BCUT2D eigenvalue weighted by Crippen LogP contribution is -2.38. The summed E-state index contributed by atoms with van der Waals surface area (Å²) in [7, 11) is 0. The first kappa shape index (κ1) is 20.8. The van der Waals surface area contributed by atoms with E-state index in [1.165, 1.54) is 19.4 Å². The summed E-state index contributed by atoms with van der Waals surface area (Å²) in [6.45, 7) is 12.5. The quantitative estimate of drug-likeness (QED) is 0.655. The molecule has 0 aliphatic carbocycles. The molecule has 0 amide bonds. The van der Waals surface area contributed by atoms with Crippen LogP contribution < -0.4 is 10.9 Å². The van der Waals surface area contributed by atoms with Crippen molar-refractivity contribution >= 4 is 11.0 Å². The van der Waals surface area contributed by atoms with Crippen LogP contribution in [-0.4, -0.2) is 45.3 Å². The summed E-state index contributed by atoms with van der Waals surface area (Å²) in [4.78, 5) is 18.5. The van der Waals surface area contributed by atoms with E-state index >= 15 is 0 Å². The average molecular weight is 408 g/mol. The fourth-order valence-electron chi connectivity index (χ4n) is 4.47. The van der Waals surface area contributed by atoms with Gasteiger partial charge in [0.15, 0.2) is 0 Å². The van der Waals surface area contributed by atoms with Crippen LogP contribution >= 0.6 is 0 Å². The van der Waals surface area contributed by atoms with E-state index in [2.05, 4.69) is 42.9 Å². The van der Waals surface area contributed by atoms with Crippen LogP contribution in [-0.2, 0) is 12.0 Å². The van der Waals surface area contributed by atoms with Crippen molar-refractivity contribution in [3.8, 4) is 5.69 Å². The summed E-state index contributed by atoms with van der Waals surface area (Å²) in [5.41, 5.74) is 3.28. The van der Waals surface area contributed by atoms with E-state index in [1.807, 2.05) is 41.1 Å². The van der Waals surface area contributed by atoms with E-state index in [0.717, 1.165) is 41.1 Å². The predicted octanol–water partition coefficient (Wildman–Crippen LogP) is 3.59. The third-order valence-electron chi connectivity index (χ3n) is 6.08. The van der Waals surface area contributed by atoms with Gasteiger partial charge in [-0.3, -0.25) is 9.69 Å². The van der Waals surface area contributed by atoms with Crippen LogP contribution in [0.15, 0.2) is 41.2 Å². The lowest BCUT2D eigenvalue weighted by Gasteiger charge is -2.22. The van der Waals surface area contributed by atoms with E-state index in [1.54, 1.807) is 0 Å². The molecule has 3 heterocycles. The number of nitrogens with one attached hydrogen (secondary N) is 2. The first-order valence-corrected chi connectivity index (χ1v) is 11.0. The van der Waals surface area contributed by atoms with Gasteiger partial charge in [-0.2, -0.15) is 5.10 Å². The number of likely N-dealkylation sites (N-methyl/N-ethyl adjacent to an activating group) is 1. The number of benzene rings is 1. The highest BCUT2D eigenvalue weighted by atomic mass is 16.1. The first-order chi connectivity index (χ1) is 14.4. The average Bonchev–Trinajstić information content (AvgIpc) is 3.32. The van der Waals surface area contributed by atoms with Gasteiger partial charge in [0.1, 0.15) is 5.65 Å². The Bertz CT molecular complexity index is 1060. The minimum Gasteiger partial charge on any atom is -0.311 e. The third kappa shape index (κ3) is 4.07. The van der Waals surface area contributed by atoms with Gasteiger partial charge in [0.25, 0.3) is 5.56 Å². The molecule has 0 spiro atoms. The van der Waals surface area contributed by atoms with Crippen LogP contribution in [0, 0.1) is 0 Å². The summed E-state index contributed by atoms with van der Waals surface area (Å²) in [5, 5.41) is 9.43. The molecule has 1 aromatic carbocycles. The molecule has 0 radical (unpaired) electrons. The van der Waals surface area contributed by atoms with Crippen LogP contribution in [0.4, 0.5) is 0 Å². The van der Waals surface area contributed by atoms with Gasteiger partial charge in [-0.15, -0.1) is 0 Å². The van der Waals surface area contributed by atoms with Gasteiger partial charge < -0.3 is 10.3 Å². The number of pyridine rings is 1. The number of hydrogen-bond donors (Lipinski definition) is 2. The molecule has 1 atom stereocenters. The van der Waals surface area contributed by atoms with Crippen molar-refractivity contribution in [3.05, 3.63) is 58.0 Å². The molecule has 3 aromatic rings. The maximum atomic E-state index is 12.9. The molecular weight excluding hydrogens is 374 g/mol. The van der Waals surface area contributed by atoms with Gasteiger partial charge >= 0.3 is 0 Å². The summed E-state index contributed by atoms with van der Waals surface area (Å²) in [6.07, 6.45) is 2.49. The van der Waals surface area contributed by atoms with Gasteiger partial charge in [-0.05, 0) is 44.1 Å². The fraction of sp³-hybridized carbons (Fsp3) is 0.500. The minimum atomic E-state index is -0.132. The number of fused-ring (bicyclic) bond motifs is 1. The normalized spacial score (nSPS) is 17.8. The highest BCUT2D eigenvalue weighted by Gasteiger charge is 2.25. The molecule has 1 aliphatic heterocycles. The molecule has 30 heavy (non-hydrogen) atoms. The second-order valence-corrected chi connectivity index (χ2v) is 9.29. The highest BCUT2D eigenvalue weighted by Crippen LogP contribution is 2.29. The summed E-state index contributed by atoms with van der Waals surface area (Å²) in [5.74, 6) is 0. The van der Waals surface area contributed by atoms with E-state index in [-0.39, 0.29) is 11.0 Å². The Morgan fingerprint density at radius 3 is 2.70 bits per heavy atom. The molecule has 1 saturated heterocycles. The largest absolute Gasteiger partial charge is 0.311 e. The third-order valence-corrected chi connectivity index (χ3v) is 6.08. The smallest absolute Gasteiger partial charge is 0.254 e. The number of hydrogen-bond acceptors (Lipinski definition) is 4. The van der Waals surface area contributed by atoms with Crippen LogP contribution in [0.3, 0.4) is 0 Å². The predicted molar refractivity (Wildman–Crippen MR) is 122 cm³/mol. The standard InChI is InChI=1S/C24H33N5O/c1-5-28-13-9-12-19(28)16-25-15-17-14-20-21(24(2,3)4)27-29(22(20)26-23(17)30)18-10-7-6-8-11-18/h6-8,10-11,14,19,25H,5,9,12-13,15-16H2,1-4H3,(H,26,30)/t19-/m1/s1.